The predicted molar refractivity (Wildman–Crippen MR) is 147 cm³/mol. The van der Waals surface area contributed by atoms with Crippen LogP contribution in [-0.4, -0.2) is 70.5 Å². The average Bonchev–Trinajstić information content (AvgIpc) is 3.76. The monoisotopic (exact) mass is 510 g/mol. The third-order valence-corrected chi connectivity index (χ3v) is 9.15. The number of ether oxygens (including phenoxy) is 1. The van der Waals surface area contributed by atoms with Gasteiger partial charge in [0.2, 0.25) is 11.8 Å². The number of hydrogen-bond donors (Lipinski definition) is 2. The molecule has 0 saturated carbocycles. The van der Waals surface area contributed by atoms with Gasteiger partial charge in [0.25, 0.3) is 0 Å². The molecule has 2 aromatic carbocycles. The zero-order valence-electron chi connectivity index (χ0n) is 21.6. The third-order valence-electron chi connectivity index (χ3n) is 9.15. The van der Waals surface area contributed by atoms with E-state index in [1.54, 1.807) is 0 Å². The minimum atomic E-state index is -0.252. The Kier molecular flexibility index (Phi) is 5.77. The molecule has 38 heavy (non-hydrogen) atoms. The van der Waals surface area contributed by atoms with Crippen LogP contribution in [0.3, 0.4) is 0 Å². The smallest absolute Gasteiger partial charge is 0.227 e. The molecule has 0 unspecified atom stereocenters. The summed E-state index contributed by atoms with van der Waals surface area (Å²) in [4.78, 5) is 37.2. The van der Waals surface area contributed by atoms with Crippen LogP contribution in [0.25, 0.3) is 21.8 Å². The van der Waals surface area contributed by atoms with Gasteiger partial charge in [0, 0.05) is 78.8 Å². The van der Waals surface area contributed by atoms with E-state index < -0.39 is 0 Å². The fraction of sp³-hybridized carbons (Fsp3) is 0.419. The van der Waals surface area contributed by atoms with Crippen LogP contribution in [0.15, 0.2) is 60.9 Å². The number of para-hydroxylation sites is 2. The van der Waals surface area contributed by atoms with Gasteiger partial charge in [0.15, 0.2) is 0 Å². The topological polar surface area (TPSA) is 81.4 Å². The van der Waals surface area contributed by atoms with Crippen molar-refractivity contribution in [3.63, 3.8) is 0 Å². The van der Waals surface area contributed by atoms with Gasteiger partial charge in [-0.2, -0.15) is 0 Å². The van der Waals surface area contributed by atoms with E-state index in [0.717, 1.165) is 43.3 Å². The van der Waals surface area contributed by atoms with Gasteiger partial charge in [-0.05, 0) is 48.9 Å². The number of benzene rings is 2. The Morgan fingerprint density at radius 3 is 2.18 bits per heavy atom. The zero-order valence-corrected chi connectivity index (χ0v) is 21.6. The number of nitrogens with one attached hydrogen (secondary N) is 2. The Morgan fingerprint density at radius 1 is 0.947 bits per heavy atom. The van der Waals surface area contributed by atoms with E-state index in [2.05, 4.69) is 70.9 Å². The van der Waals surface area contributed by atoms with Crippen LogP contribution in [-0.2, 0) is 19.7 Å². The highest BCUT2D eigenvalue weighted by molar-refractivity contribution is 5.91. The summed E-state index contributed by atoms with van der Waals surface area (Å²) in [6.07, 6.45) is 8.50. The lowest BCUT2D eigenvalue weighted by molar-refractivity contribution is -0.137. The van der Waals surface area contributed by atoms with E-state index >= 15 is 0 Å². The number of hydrogen-bond acceptors (Lipinski definition) is 3. The number of aromatic nitrogens is 2. The highest BCUT2D eigenvalue weighted by atomic mass is 16.5. The Balaban J connectivity index is 1.15. The molecule has 2 N–H and O–H groups in total. The van der Waals surface area contributed by atoms with Crippen LogP contribution in [0.2, 0.25) is 0 Å². The lowest BCUT2D eigenvalue weighted by atomic mass is 9.67. The lowest BCUT2D eigenvalue weighted by Crippen LogP contribution is -2.48. The first-order chi connectivity index (χ1) is 18.6. The number of fused-ring (bicyclic) bond motifs is 2. The molecule has 4 aromatic rings. The minimum Gasteiger partial charge on any atom is -0.376 e. The number of aromatic amines is 2. The summed E-state index contributed by atoms with van der Waals surface area (Å²) in [5.74, 6) is -0.0417. The number of piperidine rings is 1. The van der Waals surface area contributed by atoms with Crippen molar-refractivity contribution < 1.29 is 14.3 Å². The summed E-state index contributed by atoms with van der Waals surface area (Å²) in [5.41, 5.74) is 4.65. The lowest BCUT2D eigenvalue weighted by Gasteiger charge is -2.43. The number of carbonyl (C=O) groups is 2. The molecule has 3 saturated heterocycles. The molecule has 2 amide bonds. The fourth-order valence-electron chi connectivity index (χ4n) is 7.13. The van der Waals surface area contributed by atoms with Crippen molar-refractivity contribution in [1.29, 1.82) is 0 Å². The second-order valence-electron chi connectivity index (χ2n) is 11.2. The van der Waals surface area contributed by atoms with Crippen LogP contribution in [0, 0.1) is 5.92 Å². The van der Waals surface area contributed by atoms with Gasteiger partial charge in [-0.15, -0.1) is 0 Å². The SMILES string of the molecule is O=C1C[C@H](C(=O)N2CCC(c3c[nH]c4ccccc34)(c3c[nH]c4ccccc34)CC2)CN1C[C@@H]1CCCO1. The first-order valence-corrected chi connectivity index (χ1v) is 13.9. The van der Waals surface area contributed by atoms with Crippen molar-refractivity contribution >= 4 is 33.6 Å². The largest absolute Gasteiger partial charge is 0.376 e. The maximum absolute atomic E-state index is 13.6. The van der Waals surface area contributed by atoms with E-state index in [4.69, 9.17) is 4.74 Å². The molecule has 3 aliphatic heterocycles. The van der Waals surface area contributed by atoms with E-state index in [1.165, 1.54) is 21.9 Å². The van der Waals surface area contributed by atoms with E-state index in [0.29, 0.717) is 32.6 Å². The van der Waals surface area contributed by atoms with Crippen molar-refractivity contribution in [1.82, 2.24) is 19.8 Å². The molecule has 3 fully saturated rings. The van der Waals surface area contributed by atoms with Crippen molar-refractivity contribution in [2.24, 2.45) is 5.92 Å². The van der Waals surface area contributed by atoms with Gasteiger partial charge in [0.1, 0.15) is 0 Å². The molecule has 7 rings (SSSR count). The summed E-state index contributed by atoms with van der Waals surface area (Å²) in [6.45, 7) is 3.26. The van der Waals surface area contributed by atoms with Gasteiger partial charge >= 0.3 is 0 Å². The van der Waals surface area contributed by atoms with Crippen LogP contribution in [0.1, 0.15) is 43.2 Å². The van der Waals surface area contributed by atoms with Gasteiger partial charge in [-0.1, -0.05) is 36.4 Å². The Hall–Kier alpha value is -3.58. The molecule has 196 valence electrons. The molecular formula is C31H34N4O3. The van der Waals surface area contributed by atoms with Gasteiger partial charge in [-0.25, -0.2) is 0 Å². The number of H-pyrrole nitrogens is 2. The molecule has 0 radical (unpaired) electrons. The number of amides is 2. The summed E-state index contributed by atoms with van der Waals surface area (Å²) < 4.78 is 5.74. The van der Waals surface area contributed by atoms with Gasteiger partial charge in [-0.3, -0.25) is 9.59 Å². The Labute approximate surface area is 222 Å². The molecular weight excluding hydrogens is 476 g/mol. The maximum Gasteiger partial charge on any atom is 0.227 e. The standard InChI is InChI=1S/C31H34N4O3/c36-29-16-21(19-35(29)20-22-6-5-15-38-22)30(37)34-13-11-31(12-14-34,25-17-32-27-9-3-1-7-23(25)27)26-18-33-28-10-4-2-8-24(26)28/h1-4,7-10,17-18,21-22,32-33H,5-6,11-16,19-20H2/t21-,22-/m0/s1. The predicted octanol–water partition coefficient (Wildman–Crippen LogP) is 4.59. The second-order valence-corrected chi connectivity index (χ2v) is 11.2. The molecule has 3 aliphatic rings. The molecule has 2 aromatic heterocycles. The van der Waals surface area contributed by atoms with E-state index in [-0.39, 0.29) is 29.3 Å². The summed E-state index contributed by atoms with van der Waals surface area (Å²) in [5, 5.41) is 2.48. The number of carbonyl (C=O) groups excluding carboxylic acids is 2. The molecule has 5 heterocycles. The Morgan fingerprint density at radius 2 is 1.58 bits per heavy atom. The molecule has 7 heteroatoms. The molecule has 7 nitrogen and oxygen atoms in total. The first kappa shape index (κ1) is 23.5. The molecule has 2 atom stereocenters. The highest BCUT2D eigenvalue weighted by Gasteiger charge is 2.44. The van der Waals surface area contributed by atoms with E-state index in [9.17, 15) is 9.59 Å². The number of likely N-dealkylation sites (tertiary alicyclic amines) is 2. The molecule has 0 aliphatic carbocycles. The second kappa shape index (κ2) is 9.31. The average molecular weight is 511 g/mol. The van der Waals surface area contributed by atoms with Crippen molar-refractivity contribution in [3.8, 4) is 0 Å². The van der Waals surface area contributed by atoms with Crippen LogP contribution < -0.4 is 0 Å². The quantitative estimate of drug-likeness (QED) is 0.412. The van der Waals surface area contributed by atoms with Crippen molar-refractivity contribution in [2.75, 3.05) is 32.8 Å². The summed E-state index contributed by atoms with van der Waals surface area (Å²) in [6, 6.07) is 17.0. The van der Waals surface area contributed by atoms with Crippen LogP contribution in [0.5, 0.6) is 0 Å². The molecule has 0 bridgehead atoms. The van der Waals surface area contributed by atoms with Crippen molar-refractivity contribution in [3.05, 3.63) is 72.1 Å². The van der Waals surface area contributed by atoms with Gasteiger partial charge in [0.05, 0.1) is 12.0 Å². The number of nitrogens with zero attached hydrogens (tertiary/aromatic N) is 2. The van der Waals surface area contributed by atoms with Crippen molar-refractivity contribution in [2.45, 2.75) is 43.6 Å². The van der Waals surface area contributed by atoms with E-state index in [1.807, 2.05) is 9.80 Å². The van der Waals surface area contributed by atoms with Gasteiger partial charge < -0.3 is 24.5 Å². The van der Waals surface area contributed by atoms with Crippen LogP contribution >= 0.6 is 0 Å². The fourth-order valence-corrected chi connectivity index (χ4v) is 7.13. The highest BCUT2D eigenvalue weighted by Crippen LogP contribution is 2.47. The van der Waals surface area contributed by atoms with Crippen LogP contribution in [0.4, 0.5) is 0 Å². The zero-order chi connectivity index (χ0) is 25.7. The Bertz CT molecular complexity index is 1410. The number of rotatable bonds is 5. The third kappa shape index (κ3) is 3.83. The summed E-state index contributed by atoms with van der Waals surface area (Å²) >= 11 is 0. The molecule has 0 spiro atoms. The first-order valence-electron chi connectivity index (χ1n) is 13.9. The maximum atomic E-state index is 13.6. The minimum absolute atomic E-state index is 0.0859. The summed E-state index contributed by atoms with van der Waals surface area (Å²) in [7, 11) is 0. The normalized spacial score (nSPS) is 23.6.